The first-order chi connectivity index (χ1) is 12.0. The van der Waals surface area contributed by atoms with E-state index in [9.17, 15) is 9.59 Å². The van der Waals surface area contributed by atoms with Gasteiger partial charge in [-0.25, -0.2) is 5.43 Å². The van der Waals surface area contributed by atoms with Crippen LogP contribution < -0.4 is 20.2 Å². The van der Waals surface area contributed by atoms with Crippen molar-refractivity contribution in [2.45, 2.75) is 20.3 Å². The Labute approximate surface area is 148 Å². The maximum atomic E-state index is 11.6. The van der Waals surface area contributed by atoms with Gasteiger partial charge in [-0.2, -0.15) is 5.10 Å². The van der Waals surface area contributed by atoms with E-state index in [0.29, 0.717) is 36.1 Å². The van der Waals surface area contributed by atoms with Crippen LogP contribution in [0.25, 0.3) is 0 Å². The zero-order valence-corrected chi connectivity index (χ0v) is 14.9. The van der Waals surface area contributed by atoms with Crippen molar-refractivity contribution in [3.05, 3.63) is 36.4 Å². The predicted octanol–water partition coefficient (Wildman–Crippen LogP) is 1.87. The Kier molecular flexibility index (Phi) is 8.78. The number of rotatable bonds is 10. The van der Waals surface area contributed by atoms with Gasteiger partial charge in [0.2, 0.25) is 11.8 Å². The van der Waals surface area contributed by atoms with Gasteiger partial charge in [0, 0.05) is 6.54 Å². The number of benzene rings is 1. The molecule has 7 nitrogen and oxygen atoms in total. The second-order valence-corrected chi connectivity index (χ2v) is 5.68. The molecule has 0 radical (unpaired) electrons. The standard InChI is InChI=1S/C18H25N3O4/c1-5-8-25-15-7-6-14(9-16(15)24-4)12-20-21-18(23)10-17(22)19-11-13(2)3/h5-7,9,12-13H,1,8,10-11H2,2-4H3,(H,19,22)(H,21,23)/b20-12-. The van der Waals surface area contributed by atoms with E-state index in [0.717, 1.165) is 0 Å². The summed E-state index contributed by atoms with van der Waals surface area (Å²) < 4.78 is 10.7. The fourth-order valence-electron chi connectivity index (χ4n) is 1.78. The van der Waals surface area contributed by atoms with Crippen molar-refractivity contribution < 1.29 is 19.1 Å². The second-order valence-electron chi connectivity index (χ2n) is 5.68. The minimum Gasteiger partial charge on any atom is -0.493 e. The van der Waals surface area contributed by atoms with Crippen molar-refractivity contribution in [2.24, 2.45) is 11.0 Å². The Hall–Kier alpha value is -2.83. The summed E-state index contributed by atoms with van der Waals surface area (Å²) in [5.41, 5.74) is 3.04. The Balaban J connectivity index is 2.53. The number of ether oxygens (including phenoxy) is 2. The quantitative estimate of drug-likeness (QED) is 0.293. The number of carbonyl (C=O) groups is 2. The van der Waals surface area contributed by atoms with Crippen LogP contribution in [-0.4, -0.2) is 38.3 Å². The monoisotopic (exact) mass is 347 g/mol. The summed E-state index contributed by atoms with van der Waals surface area (Å²) in [6.07, 6.45) is 2.84. The van der Waals surface area contributed by atoms with E-state index in [2.05, 4.69) is 22.4 Å². The molecule has 1 aromatic carbocycles. The largest absolute Gasteiger partial charge is 0.493 e. The van der Waals surface area contributed by atoms with Gasteiger partial charge in [-0.15, -0.1) is 0 Å². The highest BCUT2D eigenvalue weighted by molar-refractivity contribution is 5.97. The van der Waals surface area contributed by atoms with Gasteiger partial charge in [-0.05, 0) is 29.7 Å². The highest BCUT2D eigenvalue weighted by Crippen LogP contribution is 2.27. The van der Waals surface area contributed by atoms with Crippen LogP contribution in [0.15, 0.2) is 36.0 Å². The van der Waals surface area contributed by atoms with Gasteiger partial charge in [0.15, 0.2) is 11.5 Å². The third kappa shape index (κ3) is 8.01. The fraction of sp³-hybridized carbons (Fsp3) is 0.389. The molecule has 0 saturated heterocycles. The SMILES string of the molecule is C=CCOc1ccc(/C=N\NC(=O)CC(=O)NCC(C)C)cc1OC. The highest BCUT2D eigenvalue weighted by Gasteiger charge is 2.09. The van der Waals surface area contributed by atoms with E-state index in [1.807, 2.05) is 13.8 Å². The number of methoxy groups -OCH3 is 1. The van der Waals surface area contributed by atoms with Gasteiger partial charge in [0.05, 0.1) is 13.3 Å². The van der Waals surface area contributed by atoms with E-state index >= 15 is 0 Å². The zero-order chi connectivity index (χ0) is 18.7. The average molecular weight is 347 g/mol. The molecule has 0 spiro atoms. The molecule has 0 atom stereocenters. The lowest BCUT2D eigenvalue weighted by atomic mass is 10.2. The number of carbonyl (C=O) groups excluding carboxylic acids is 2. The molecule has 0 fully saturated rings. The van der Waals surface area contributed by atoms with Crippen LogP contribution >= 0.6 is 0 Å². The Morgan fingerprint density at radius 1 is 1.28 bits per heavy atom. The molecule has 25 heavy (non-hydrogen) atoms. The molecule has 1 aromatic rings. The Morgan fingerprint density at radius 2 is 2.04 bits per heavy atom. The first-order valence-electron chi connectivity index (χ1n) is 7.96. The van der Waals surface area contributed by atoms with E-state index in [-0.39, 0.29) is 12.3 Å². The predicted molar refractivity (Wildman–Crippen MR) is 96.9 cm³/mol. The average Bonchev–Trinajstić information content (AvgIpc) is 2.58. The number of nitrogens with zero attached hydrogens (tertiary/aromatic N) is 1. The van der Waals surface area contributed by atoms with Gasteiger partial charge >= 0.3 is 0 Å². The maximum Gasteiger partial charge on any atom is 0.249 e. The van der Waals surface area contributed by atoms with E-state index < -0.39 is 5.91 Å². The molecule has 0 bridgehead atoms. The number of hydrogen-bond acceptors (Lipinski definition) is 5. The summed E-state index contributed by atoms with van der Waals surface area (Å²) in [6, 6.07) is 5.24. The summed E-state index contributed by atoms with van der Waals surface area (Å²) >= 11 is 0. The van der Waals surface area contributed by atoms with Crippen LogP contribution in [0.4, 0.5) is 0 Å². The molecule has 0 aliphatic rings. The van der Waals surface area contributed by atoms with E-state index in [1.165, 1.54) is 13.3 Å². The number of hydrogen-bond donors (Lipinski definition) is 2. The topological polar surface area (TPSA) is 89.0 Å². The lowest BCUT2D eigenvalue weighted by molar-refractivity contribution is -0.129. The van der Waals surface area contributed by atoms with Gasteiger partial charge in [-0.1, -0.05) is 26.5 Å². The molecule has 0 heterocycles. The fourth-order valence-corrected chi connectivity index (χ4v) is 1.78. The normalized spacial score (nSPS) is 10.6. The van der Waals surface area contributed by atoms with Crippen LogP contribution in [0.5, 0.6) is 11.5 Å². The van der Waals surface area contributed by atoms with Crippen molar-refractivity contribution in [3.8, 4) is 11.5 Å². The Bertz CT molecular complexity index is 627. The van der Waals surface area contributed by atoms with Crippen molar-refractivity contribution in [2.75, 3.05) is 20.3 Å². The van der Waals surface area contributed by atoms with Crippen LogP contribution in [-0.2, 0) is 9.59 Å². The van der Waals surface area contributed by atoms with Crippen molar-refractivity contribution >= 4 is 18.0 Å². The molecule has 0 aliphatic carbocycles. The maximum absolute atomic E-state index is 11.6. The lowest BCUT2D eigenvalue weighted by Gasteiger charge is -2.09. The molecule has 0 aromatic heterocycles. The van der Waals surface area contributed by atoms with Crippen molar-refractivity contribution in [1.82, 2.24) is 10.7 Å². The molecule has 2 N–H and O–H groups in total. The number of amides is 2. The van der Waals surface area contributed by atoms with Gasteiger partial charge in [-0.3, -0.25) is 9.59 Å². The summed E-state index contributed by atoms with van der Waals surface area (Å²) in [5.74, 6) is 0.663. The van der Waals surface area contributed by atoms with Crippen LogP contribution in [0.2, 0.25) is 0 Å². The minimum absolute atomic E-state index is 0.262. The third-order valence-corrected chi connectivity index (χ3v) is 2.98. The van der Waals surface area contributed by atoms with Crippen molar-refractivity contribution in [1.29, 1.82) is 0 Å². The first kappa shape index (κ1) is 20.2. The molecule has 0 aliphatic heterocycles. The molecule has 136 valence electrons. The smallest absolute Gasteiger partial charge is 0.249 e. The zero-order valence-electron chi connectivity index (χ0n) is 14.9. The van der Waals surface area contributed by atoms with Crippen LogP contribution in [0, 0.1) is 5.92 Å². The number of hydrazone groups is 1. The summed E-state index contributed by atoms with van der Waals surface area (Å²) in [6.45, 7) is 8.46. The molecule has 0 unspecified atom stereocenters. The minimum atomic E-state index is -0.476. The lowest BCUT2D eigenvalue weighted by Crippen LogP contribution is -2.32. The summed E-state index contributed by atoms with van der Waals surface area (Å²) in [7, 11) is 1.54. The molecular weight excluding hydrogens is 322 g/mol. The highest BCUT2D eigenvalue weighted by atomic mass is 16.5. The van der Waals surface area contributed by atoms with Gasteiger partial charge < -0.3 is 14.8 Å². The van der Waals surface area contributed by atoms with Gasteiger partial charge in [0.1, 0.15) is 13.0 Å². The van der Waals surface area contributed by atoms with E-state index in [4.69, 9.17) is 9.47 Å². The molecule has 1 rings (SSSR count). The first-order valence-corrected chi connectivity index (χ1v) is 7.96. The Morgan fingerprint density at radius 3 is 2.68 bits per heavy atom. The second kappa shape index (κ2) is 10.9. The third-order valence-electron chi connectivity index (χ3n) is 2.98. The molecule has 2 amide bonds. The summed E-state index contributed by atoms with van der Waals surface area (Å²) in [5, 5.41) is 6.51. The van der Waals surface area contributed by atoms with Gasteiger partial charge in [0.25, 0.3) is 0 Å². The molecule has 7 heteroatoms. The number of nitrogens with one attached hydrogen (secondary N) is 2. The van der Waals surface area contributed by atoms with Crippen molar-refractivity contribution in [3.63, 3.8) is 0 Å². The summed E-state index contributed by atoms with van der Waals surface area (Å²) in [4.78, 5) is 23.2. The van der Waals surface area contributed by atoms with Crippen LogP contribution in [0.3, 0.4) is 0 Å². The molecule has 0 saturated carbocycles. The van der Waals surface area contributed by atoms with E-state index in [1.54, 1.807) is 24.3 Å². The molecular formula is C18H25N3O4. The van der Waals surface area contributed by atoms with Crippen LogP contribution in [0.1, 0.15) is 25.8 Å².